The van der Waals surface area contributed by atoms with Crippen LogP contribution in [0.5, 0.6) is 0 Å². The molecule has 1 aromatic carbocycles. The summed E-state index contributed by atoms with van der Waals surface area (Å²) >= 11 is 0. The number of amides is 1. The fraction of sp³-hybridized carbons (Fsp3) is 0.286. The summed E-state index contributed by atoms with van der Waals surface area (Å²) in [5.41, 5.74) is 1.77. The van der Waals surface area contributed by atoms with E-state index in [1.165, 1.54) is 0 Å². The van der Waals surface area contributed by atoms with Crippen molar-refractivity contribution in [3.05, 3.63) is 36.5 Å². The highest BCUT2D eigenvalue weighted by molar-refractivity contribution is 6.03. The third-order valence-electron chi connectivity index (χ3n) is 3.38. The predicted molar refractivity (Wildman–Crippen MR) is 69.3 cm³/mol. The van der Waals surface area contributed by atoms with Crippen LogP contribution in [0.3, 0.4) is 0 Å². The van der Waals surface area contributed by atoms with E-state index in [2.05, 4.69) is 4.98 Å². The number of aliphatic hydroxyl groups is 1. The monoisotopic (exact) mass is 242 g/mol. The van der Waals surface area contributed by atoms with Gasteiger partial charge in [0.25, 0.3) is 0 Å². The van der Waals surface area contributed by atoms with Gasteiger partial charge in [0, 0.05) is 37.1 Å². The fourth-order valence-electron chi connectivity index (χ4n) is 2.45. The summed E-state index contributed by atoms with van der Waals surface area (Å²) in [6.45, 7) is 0.647. The lowest BCUT2D eigenvalue weighted by Crippen LogP contribution is -2.25. The molecular formula is C14H14N2O2. The van der Waals surface area contributed by atoms with Crippen LogP contribution >= 0.6 is 0 Å². The molecule has 1 atom stereocenters. The molecule has 1 aliphatic rings. The molecule has 18 heavy (non-hydrogen) atoms. The molecule has 1 aromatic heterocycles. The zero-order valence-electron chi connectivity index (χ0n) is 9.91. The van der Waals surface area contributed by atoms with E-state index in [4.69, 9.17) is 0 Å². The number of rotatable bonds is 2. The highest BCUT2D eigenvalue weighted by Crippen LogP contribution is 2.30. The van der Waals surface area contributed by atoms with Crippen LogP contribution < -0.4 is 4.90 Å². The Morgan fingerprint density at radius 3 is 2.94 bits per heavy atom. The molecule has 1 N–H and O–H groups in total. The Morgan fingerprint density at radius 1 is 1.33 bits per heavy atom. The van der Waals surface area contributed by atoms with E-state index < -0.39 is 0 Å². The van der Waals surface area contributed by atoms with Crippen molar-refractivity contribution in [3.63, 3.8) is 0 Å². The molecule has 2 heterocycles. The van der Waals surface area contributed by atoms with Crippen LogP contribution in [0.25, 0.3) is 10.9 Å². The molecule has 0 spiro atoms. The minimum atomic E-state index is 0.0458. The molecule has 1 amide bonds. The van der Waals surface area contributed by atoms with E-state index >= 15 is 0 Å². The number of hydrogen-bond donors (Lipinski definition) is 1. The Hall–Kier alpha value is -1.94. The summed E-state index contributed by atoms with van der Waals surface area (Å²) in [4.78, 5) is 18.0. The van der Waals surface area contributed by atoms with E-state index in [0.29, 0.717) is 13.0 Å². The van der Waals surface area contributed by atoms with Gasteiger partial charge in [0.15, 0.2) is 0 Å². The molecule has 4 heteroatoms. The first-order valence-electron chi connectivity index (χ1n) is 6.04. The van der Waals surface area contributed by atoms with Gasteiger partial charge in [0.1, 0.15) is 0 Å². The topological polar surface area (TPSA) is 53.4 Å². The predicted octanol–water partition coefficient (Wildman–Crippen LogP) is 1.58. The van der Waals surface area contributed by atoms with Crippen LogP contribution in [0.15, 0.2) is 36.5 Å². The van der Waals surface area contributed by atoms with E-state index in [1.807, 2.05) is 30.3 Å². The maximum atomic E-state index is 12.0. The van der Waals surface area contributed by atoms with Crippen molar-refractivity contribution >= 4 is 22.5 Å². The molecule has 92 valence electrons. The number of aliphatic hydroxyl groups excluding tert-OH is 1. The van der Waals surface area contributed by atoms with Crippen molar-refractivity contribution in [2.45, 2.75) is 6.42 Å². The van der Waals surface area contributed by atoms with Crippen LogP contribution in [0.1, 0.15) is 6.42 Å². The first-order chi connectivity index (χ1) is 8.79. The Labute approximate surface area is 105 Å². The minimum Gasteiger partial charge on any atom is -0.396 e. The van der Waals surface area contributed by atoms with Gasteiger partial charge in [-0.1, -0.05) is 18.2 Å². The quantitative estimate of drug-likeness (QED) is 0.870. The van der Waals surface area contributed by atoms with Gasteiger partial charge in [-0.2, -0.15) is 0 Å². The van der Waals surface area contributed by atoms with Gasteiger partial charge in [0.2, 0.25) is 5.91 Å². The number of carbonyl (C=O) groups excluding carboxylic acids is 1. The van der Waals surface area contributed by atoms with Crippen LogP contribution in [0.4, 0.5) is 5.69 Å². The lowest BCUT2D eigenvalue weighted by Gasteiger charge is -2.18. The van der Waals surface area contributed by atoms with Crippen molar-refractivity contribution in [1.82, 2.24) is 4.98 Å². The number of para-hydroxylation sites is 1. The van der Waals surface area contributed by atoms with E-state index in [9.17, 15) is 9.90 Å². The van der Waals surface area contributed by atoms with Crippen LogP contribution in [-0.2, 0) is 4.79 Å². The van der Waals surface area contributed by atoms with Crippen molar-refractivity contribution in [2.75, 3.05) is 18.1 Å². The molecule has 0 bridgehead atoms. The van der Waals surface area contributed by atoms with Gasteiger partial charge >= 0.3 is 0 Å². The van der Waals surface area contributed by atoms with Gasteiger partial charge in [-0.05, 0) is 12.1 Å². The molecule has 1 aliphatic heterocycles. The van der Waals surface area contributed by atoms with Gasteiger partial charge in [-0.3, -0.25) is 9.78 Å². The molecule has 0 saturated carbocycles. The summed E-state index contributed by atoms with van der Waals surface area (Å²) in [6, 6.07) is 9.64. The van der Waals surface area contributed by atoms with Crippen molar-refractivity contribution < 1.29 is 9.90 Å². The van der Waals surface area contributed by atoms with Crippen molar-refractivity contribution in [1.29, 1.82) is 0 Å². The second kappa shape index (κ2) is 4.38. The highest BCUT2D eigenvalue weighted by Gasteiger charge is 2.30. The van der Waals surface area contributed by atoms with E-state index in [1.54, 1.807) is 11.1 Å². The summed E-state index contributed by atoms with van der Waals surface area (Å²) in [5, 5.41) is 10.1. The van der Waals surface area contributed by atoms with Gasteiger partial charge in [-0.25, -0.2) is 0 Å². The molecule has 1 fully saturated rings. The third kappa shape index (κ3) is 1.75. The SMILES string of the molecule is O=C1CC(CO)CN1c1ccnc2ccccc12. The number of nitrogens with zero attached hydrogens (tertiary/aromatic N) is 2. The summed E-state index contributed by atoms with van der Waals surface area (Å²) < 4.78 is 0. The Kier molecular flexibility index (Phi) is 2.72. The summed E-state index contributed by atoms with van der Waals surface area (Å²) in [5.74, 6) is 0.120. The first-order valence-corrected chi connectivity index (χ1v) is 6.04. The molecule has 4 nitrogen and oxygen atoms in total. The Bertz CT molecular complexity index is 592. The second-order valence-electron chi connectivity index (χ2n) is 4.60. The second-order valence-corrected chi connectivity index (χ2v) is 4.60. The number of carbonyl (C=O) groups is 1. The molecule has 0 radical (unpaired) electrons. The van der Waals surface area contributed by atoms with Crippen LogP contribution in [0.2, 0.25) is 0 Å². The number of anilines is 1. The molecule has 3 rings (SSSR count). The summed E-state index contributed by atoms with van der Waals surface area (Å²) in [6.07, 6.45) is 2.14. The maximum Gasteiger partial charge on any atom is 0.227 e. The van der Waals surface area contributed by atoms with Gasteiger partial charge < -0.3 is 10.0 Å². The Balaban J connectivity index is 2.07. The molecule has 1 unspecified atom stereocenters. The van der Waals surface area contributed by atoms with Gasteiger partial charge in [-0.15, -0.1) is 0 Å². The normalized spacial score (nSPS) is 19.7. The molecular weight excluding hydrogens is 228 g/mol. The molecule has 2 aromatic rings. The standard InChI is InChI=1S/C14H14N2O2/c17-9-10-7-14(18)16(8-10)13-5-6-15-12-4-2-1-3-11(12)13/h1-6,10,17H,7-9H2. The largest absolute Gasteiger partial charge is 0.396 e. The van der Waals surface area contributed by atoms with E-state index in [-0.39, 0.29) is 18.4 Å². The number of hydrogen-bond acceptors (Lipinski definition) is 3. The zero-order valence-corrected chi connectivity index (χ0v) is 9.91. The van der Waals surface area contributed by atoms with Crippen molar-refractivity contribution in [2.24, 2.45) is 5.92 Å². The zero-order chi connectivity index (χ0) is 12.5. The van der Waals surface area contributed by atoms with E-state index in [0.717, 1.165) is 16.6 Å². The number of fused-ring (bicyclic) bond motifs is 1. The number of benzene rings is 1. The highest BCUT2D eigenvalue weighted by atomic mass is 16.3. The lowest BCUT2D eigenvalue weighted by molar-refractivity contribution is -0.117. The average molecular weight is 242 g/mol. The summed E-state index contributed by atoms with van der Waals surface area (Å²) in [7, 11) is 0. The minimum absolute atomic E-state index is 0.0458. The average Bonchev–Trinajstić information content (AvgIpc) is 2.79. The van der Waals surface area contributed by atoms with Gasteiger partial charge in [0.05, 0.1) is 11.2 Å². The lowest BCUT2D eigenvalue weighted by atomic mass is 10.1. The Morgan fingerprint density at radius 2 is 2.17 bits per heavy atom. The molecule has 1 saturated heterocycles. The molecule has 0 aliphatic carbocycles. The number of aromatic nitrogens is 1. The van der Waals surface area contributed by atoms with Crippen LogP contribution in [0, 0.1) is 5.92 Å². The van der Waals surface area contributed by atoms with Crippen LogP contribution in [-0.4, -0.2) is 29.1 Å². The third-order valence-corrected chi connectivity index (χ3v) is 3.38. The first kappa shape index (κ1) is 11.2. The maximum absolute atomic E-state index is 12.0. The number of pyridine rings is 1. The fourth-order valence-corrected chi connectivity index (χ4v) is 2.45. The van der Waals surface area contributed by atoms with Crippen molar-refractivity contribution in [3.8, 4) is 0 Å². The smallest absolute Gasteiger partial charge is 0.227 e.